The maximum atomic E-state index is 12.3. The van der Waals surface area contributed by atoms with Gasteiger partial charge in [-0.2, -0.15) is 0 Å². The molecular formula is C19H16Br2N2O2S. The highest BCUT2D eigenvalue weighted by atomic mass is 79.9. The topological polar surface area (TPSA) is 50.7 Å². The molecule has 1 aliphatic heterocycles. The van der Waals surface area contributed by atoms with Crippen LogP contribution in [0.1, 0.15) is 16.7 Å². The molecule has 0 spiro atoms. The van der Waals surface area contributed by atoms with Gasteiger partial charge in [0.1, 0.15) is 5.75 Å². The van der Waals surface area contributed by atoms with Gasteiger partial charge in [-0.25, -0.2) is 4.99 Å². The first-order chi connectivity index (χ1) is 12.4. The zero-order chi connectivity index (χ0) is 18.8. The van der Waals surface area contributed by atoms with Crippen molar-refractivity contribution in [1.29, 1.82) is 0 Å². The second-order valence-corrected chi connectivity index (χ2v) is 8.51. The Kier molecular flexibility index (Phi) is 5.89. The molecule has 0 bridgehead atoms. The fourth-order valence-corrected chi connectivity index (χ4v) is 4.79. The highest BCUT2D eigenvalue weighted by molar-refractivity contribution is 9.11. The Bertz CT molecular complexity index is 932. The third-order valence-corrected chi connectivity index (χ3v) is 5.98. The zero-order valence-corrected chi connectivity index (χ0v) is 18.4. The van der Waals surface area contributed by atoms with E-state index in [1.807, 2.05) is 43.3 Å². The molecular weight excluding hydrogens is 480 g/mol. The average molecular weight is 496 g/mol. The van der Waals surface area contributed by atoms with Crippen LogP contribution in [-0.4, -0.2) is 18.2 Å². The Morgan fingerprint density at radius 2 is 1.81 bits per heavy atom. The number of carbonyl (C=O) groups excluding carboxylic acids is 1. The fourth-order valence-electron chi connectivity index (χ4n) is 2.40. The largest absolute Gasteiger partial charge is 0.494 e. The SMILES string of the molecule is COc1c(Br)cc(/C=C2\SC(=Nc3ccc(C)c(C)c3)NC2=O)cc1Br. The highest BCUT2D eigenvalue weighted by Crippen LogP contribution is 2.36. The van der Waals surface area contributed by atoms with Crippen LogP contribution in [0.2, 0.25) is 0 Å². The van der Waals surface area contributed by atoms with Gasteiger partial charge in [0, 0.05) is 0 Å². The van der Waals surface area contributed by atoms with Gasteiger partial charge in [0.15, 0.2) is 5.17 Å². The van der Waals surface area contributed by atoms with E-state index in [2.05, 4.69) is 49.1 Å². The Morgan fingerprint density at radius 1 is 1.12 bits per heavy atom. The van der Waals surface area contributed by atoms with Crippen LogP contribution < -0.4 is 10.1 Å². The van der Waals surface area contributed by atoms with Gasteiger partial charge in [-0.1, -0.05) is 6.07 Å². The van der Waals surface area contributed by atoms with Crippen molar-refractivity contribution in [3.63, 3.8) is 0 Å². The van der Waals surface area contributed by atoms with Gasteiger partial charge in [0.05, 0.1) is 26.6 Å². The molecule has 0 aliphatic carbocycles. The summed E-state index contributed by atoms with van der Waals surface area (Å²) in [5.41, 5.74) is 4.10. The first-order valence-corrected chi connectivity index (χ1v) is 10.2. The number of aliphatic imine (C=N–C) groups is 1. The van der Waals surface area contributed by atoms with Crippen molar-refractivity contribution in [2.45, 2.75) is 13.8 Å². The van der Waals surface area contributed by atoms with Gasteiger partial charge >= 0.3 is 0 Å². The van der Waals surface area contributed by atoms with Crippen molar-refractivity contribution < 1.29 is 9.53 Å². The predicted octanol–water partition coefficient (Wildman–Crippen LogP) is 5.73. The lowest BCUT2D eigenvalue weighted by Gasteiger charge is -2.07. The number of rotatable bonds is 3. The number of hydrogen-bond donors (Lipinski definition) is 1. The fraction of sp³-hybridized carbons (Fsp3) is 0.158. The van der Waals surface area contributed by atoms with Crippen molar-refractivity contribution in [3.05, 3.63) is 60.9 Å². The number of amides is 1. The summed E-state index contributed by atoms with van der Waals surface area (Å²) >= 11 is 8.28. The molecule has 3 rings (SSSR count). The van der Waals surface area contributed by atoms with Crippen molar-refractivity contribution in [2.24, 2.45) is 4.99 Å². The van der Waals surface area contributed by atoms with Crippen molar-refractivity contribution in [3.8, 4) is 5.75 Å². The lowest BCUT2D eigenvalue weighted by Crippen LogP contribution is -2.19. The van der Waals surface area contributed by atoms with E-state index in [9.17, 15) is 4.79 Å². The number of nitrogens with one attached hydrogen (secondary N) is 1. The summed E-state index contributed by atoms with van der Waals surface area (Å²) in [6.07, 6.45) is 1.83. The number of methoxy groups -OCH3 is 1. The molecule has 0 atom stereocenters. The molecule has 26 heavy (non-hydrogen) atoms. The summed E-state index contributed by atoms with van der Waals surface area (Å²) < 4.78 is 6.93. The Morgan fingerprint density at radius 3 is 2.42 bits per heavy atom. The molecule has 0 radical (unpaired) electrons. The Hall–Kier alpha value is -1.57. The molecule has 1 heterocycles. The minimum Gasteiger partial charge on any atom is -0.494 e. The van der Waals surface area contributed by atoms with Gasteiger partial charge < -0.3 is 10.1 Å². The van der Waals surface area contributed by atoms with E-state index in [1.165, 1.54) is 22.9 Å². The quantitative estimate of drug-likeness (QED) is 0.553. The minimum atomic E-state index is -0.152. The molecule has 1 saturated heterocycles. The second-order valence-electron chi connectivity index (χ2n) is 5.77. The third kappa shape index (κ3) is 4.22. The van der Waals surface area contributed by atoms with Gasteiger partial charge in [0.2, 0.25) is 0 Å². The minimum absolute atomic E-state index is 0.152. The van der Waals surface area contributed by atoms with Crippen LogP contribution >= 0.6 is 43.6 Å². The molecule has 134 valence electrons. The second kappa shape index (κ2) is 7.98. The van der Waals surface area contributed by atoms with E-state index in [0.717, 1.165) is 20.2 Å². The van der Waals surface area contributed by atoms with E-state index >= 15 is 0 Å². The molecule has 2 aromatic carbocycles. The van der Waals surface area contributed by atoms with Crippen LogP contribution in [0.25, 0.3) is 6.08 Å². The molecule has 1 aliphatic rings. The molecule has 1 N–H and O–H groups in total. The normalized spacial score (nSPS) is 17.0. The van der Waals surface area contributed by atoms with Gasteiger partial charge in [-0.15, -0.1) is 0 Å². The number of thioether (sulfide) groups is 1. The standard InChI is InChI=1S/C19H16Br2N2O2S/c1-10-4-5-13(6-11(10)2)22-19-23-18(24)16(26-19)9-12-7-14(20)17(25-3)15(21)8-12/h4-9H,1-3H3,(H,22,23,24)/b16-9-. The van der Waals surface area contributed by atoms with Crippen molar-refractivity contribution in [1.82, 2.24) is 5.32 Å². The molecule has 7 heteroatoms. The lowest BCUT2D eigenvalue weighted by molar-refractivity contribution is -0.115. The maximum Gasteiger partial charge on any atom is 0.264 e. The Balaban J connectivity index is 1.86. The van der Waals surface area contributed by atoms with Crippen LogP contribution in [-0.2, 0) is 4.79 Å². The summed E-state index contributed by atoms with van der Waals surface area (Å²) in [6, 6.07) is 9.79. The zero-order valence-electron chi connectivity index (χ0n) is 14.4. The molecule has 1 amide bonds. The van der Waals surface area contributed by atoms with E-state index in [4.69, 9.17) is 4.74 Å². The monoisotopic (exact) mass is 494 g/mol. The molecule has 0 aromatic heterocycles. The third-order valence-electron chi connectivity index (χ3n) is 3.89. The van der Waals surface area contributed by atoms with Crippen molar-refractivity contribution in [2.75, 3.05) is 7.11 Å². The summed E-state index contributed by atoms with van der Waals surface area (Å²) in [6.45, 7) is 4.11. The van der Waals surface area contributed by atoms with Crippen LogP contribution in [0.15, 0.2) is 49.2 Å². The number of amidine groups is 1. The smallest absolute Gasteiger partial charge is 0.264 e. The van der Waals surface area contributed by atoms with Gasteiger partial charge in [-0.3, -0.25) is 4.79 Å². The molecule has 4 nitrogen and oxygen atoms in total. The number of aryl methyl sites for hydroxylation is 2. The maximum absolute atomic E-state index is 12.3. The van der Waals surface area contributed by atoms with Crippen LogP contribution in [0, 0.1) is 13.8 Å². The summed E-state index contributed by atoms with van der Waals surface area (Å²) in [4.78, 5) is 17.4. The lowest BCUT2D eigenvalue weighted by atomic mass is 10.1. The number of hydrogen-bond acceptors (Lipinski definition) is 4. The van der Waals surface area contributed by atoms with E-state index in [1.54, 1.807) is 7.11 Å². The number of ether oxygens (including phenoxy) is 1. The van der Waals surface area contributed by atoms with E-state index in [0.29, 0.717) is 15.8 Å². The van der Waals surface area contributed by atoms with E-state index < -0.39 is 0 Å². The summed E-state index contributed by atoms with van der Waals surface area (Å²) in [7, 11) is 1.61. The first-order valence-electron chi connectivity index (χ1n) is 7.77. The van der Waals surface area contributed by atoms with Crippen LogP contribution in [0.5, 0.6) is 5.75 Å². The van der Waals surface area contributed by atoms with E-state index in [-0.39, 0.29) is 5.91 Å². The van der Waals surface area contributed by atoms with Gasteiger partial charge in [-0.05, 0) is 105 Å². The average Bonchev–Trinajstić information content (AvgIpc) is 2.90. The number of nitrogens with zero attached hydrogens (tertiary/aromatic N) is 1. The first kappa shape index (κ1) is 19.2. The predicted molar refractivity (Wildman–Crippen MR) is 115 cm³/mol. The highest BCUT2D eigenvalue weighted by Gasteiger charge is 2.24. The van der Waals surface area contributed by atoms with Crippen LogP contribution in [0.3, 0.4) is 0 Å². The molecule has 1 fully saturated rings. The Labute approximate surface area is 173 Å². The molecule has 0 unspecified atom stereocenters. The van der Waals surface area contributed by atoms with Crippen molar-refractivity contribution >= 4 is 66.5 Å². The summed E-state index contributed by atoms with van der Waals surface area (Å²) in [5, 5.41) is 3.40. The van der Waals surface area contributed by atoms with Gasteiger partial charge in [0.25, 0.3) is 5.91 Å². The molecule has 2 aromatic rings. The number of halogens is 2. The number of carbonyl (C=O) groups is 1. The molecule has 0 saturated carbocycles. The van der Waals surface area contributed by atoms with Crippen LogP contribution in [0.4, 0.5) is 5.69 Å². The summed E-state index contributed by atoms with van der Waals surface area (Å²) in [5.74, 6) is 0.563. The number of benzene rings is 2.